The van der Waals surface area contributed by atoms with Crippen LogP contribution in [0.4, 0.5) is 11.4 Å². The maximum Gasteiger partial charge on any atom is 0.228 e. The number of nitrogens with two attached hydrogens (primary N) is 1. The summed E-state index contributed by atoms with van der Waals surface area (Å²) in [5, 5.41) is 3.03. The maximum atomic E-state index is 12.3. The molecule has 0 bridgehead atoms. The molecule has 1 aromatic rings. The summed E-state index contributed by atoms with van der Waals surface area (Å²) in [6.45, 7) is 1.96. The van der Waals surface area contributed by atoms with Gasteiger partial charge in [-0.3, -0.25) is 4.79 Å². The molecule has 4 heteroatoms. The van der Waals surface area contributed by atoms with Crippen LogP contribution in [0.25, 0.3) is 0 Å². The van der Waals surface area contributed by atoms with Gasteiger partial charge in [-0.15, -0.1) is 0 Å². The van der Waals surface area contributed by atoms with Crippen molar-refractivity contribution in [2.45, 2.75) is 32.6 Å². The van der Waals surface area contributed by atoms with E-state index in [1.165, 1.54) is 25.7 Å². The predicted octanol–water partition coefficient (Wildman–Crippen LogP) is 3.71. The van der Waals surface area contributed by atoms with Crippen LogP contribution in [-0.2, 0) is 4.79 Å². The molecule has 0 heterocycles. The van der Waals surface area contributed by atoms with Gasteiger partial charge in [0.25, 0.3) is 0 Å². The molecule has 2 saturated carbocycles. The quantitative estimate of drug-likeness (QED) is 0.815. The summed E-state index contributed by atoms with van der Waals surface area (Å²) in [5.74, 6) is 1.67. The molecule has 19 heavy (non-hydrogen) atoms. The van der Waals surface area contributed by atoms with E-state index >= 15 is 0 Å². The van der Waals surface area contributed by atoms with Crippen LogP contribution in [-0.4, -0.2) is 5.91 Å². The fourth-order valence-corrected chi connectivity index (χ4v) is 3.94. The molecule has 3 N–H and O–H groups in total. The number of rotatable bonds is 2. The van der Waals surface area contributed by atoms with Gasteiger partial charge in [-0.2, -0.15) is 0 Å². The summed E-state index contributed by atoms with van der Waals surface area (Å²) in [6.07, 6.45) is 5.01. The third-order valence-corrected chi connectivity index (χ3v) is 5.23. The molecule has 0 aromatic heterocycles. The first-order chi connectivity index (χ1) is 9.08. The number of hydrogen-bond donors (Lipinski definition) is 2. The molecule has 1 aromatic carbocycles. The molecule has 2 unspecified atom stereocenters. The number of halogens is 1. The normalized spacial score (nSPS) is 28.6. The maximum absolute atomic E-state index is 12.3. The van der Waals surface area contributed by atoms with E-state index in [9.17, 15) is 4.79 Å². The van der Waals surface area contributed by atoms with Gasteiger partial charge in [-0.05, 0) is 65.2 Å². The number of amides is 1. The standard InChI is InChI=1S/C15H19BrN2O/c1-8-6-11(16)13(7-12(8)17)18-15(19)14-9-4-2-3-5-10(9)14/h6-7,9-10,14H,2-5,17H2,1H3,(H,18,19). The van der Waals surface area contributed by atoms with E-state index in [0.717, 1.165) is 15.7 Å². The minimum absolute atomic E-state index is 0.167. The molecule has 3 rings (SSSR count). The van der Waals surface area contributed by atoms with Crippen molar-refractivity contribution in [3.8, 4) is 0 Å². The van der Waals surface area contributed by atoms with Crippen LogP contribution in [0.15, 0.2) is 16.6 Å². The summed E-state index contributed by atoms with van der Waals surface area (Å²) >= 11 is 3.49. The number of fused-ring (bicyclic) bond motifs is 1. The molecule has 0 aliphatic heterocycles. The largest absolute Gasteiger partial charge is 0.398 e. The Morgan fingerprint density at radius 2 is 1.95 bits per heavy atom. The van der Waals surface area contributed by atoms with Crippen LogP contribution >= 0.6 is 15.9 Å². The van der Waals surface area contributed by atoms with Gasteiger partial charge < -0.3 is 11.1 Å². The average molecular weight is 323 g/mol. The second-order valence-corrected chi connectivity index (χ2v) is 6.67. The topological polar surface area (TPSA) is 55.1 Å². The van der Waals surface area contributed by atoms with Crippen LogP contribution in [0.1, 0.15) is 31.2 Å². The lowest BCUT2D eigenvalue weighted by atomic mass is 10.0. The lowest BCUT2D eigenvalue weighted by Crippen LogP contribution is -2.16. The smallest absolute Gasteiger partial charge is 0.228 e. The highest BCUT2D eigenvalue weighted by atomic mass is 79.9. The van der Waals surface area contributed by atoms with Crippen molar-refractivity contribution < 1.29 is 4.79 Å². The number of nitrogens with one attached hydrogen (secondary N) is 1. The van der Waals surface area contributed by atoms with E-state index in [0.29, 0.717) is 17.5 Å². The minimum atomic E-state index is 0.167. The Kier molecular flexibility index (Phi) is 3.29. The molecule has 0 spiro atoms. The highest BCUT2D eigenvalue weighted by Gasteiger charge is 2.54. The van der Waals surface area contributed by atoms with Gasteiger partial charge in [0, 0.05) is 16.1 Å². The van der Waals surface area contributed by atoms with Crippen molar-refractivity contribution in [2.24, 2.45) is 17.8 Å². The molecular formula is C15H19BrN2O. The van der Waals surface area contributed by atoms with Gasteiger partial charge >= 0.3 is 0 Å². The number of hydrogen-bond acceptors (Lipinski definition) is 2. The zero-order chi connectivity index (χ0) is 13.6. The number of anilines is 2. The van der Waals surface area contributed by atoms with E-state index < -0.39 is 0 Å². The number of carbonyl (C=O) groups excluding carboxylic acids is 1. The van der Waals surface area contributed by atoms with Gasteiger partial charge in [0.05, 0.1) is 5.69 Å². The summed E-state index contributed by atoms with van der Waals surface area (Å²) in [5.41, 5.74) is 8.42. The number of benzene rings is 1. The SMILES string of the molecule is Cc1cc(Br)c(NC(=O)C2C3CCCCC32)cc1N. The first-order valence-corrected chi connectivity index (χ1v) is 7.73. The average Bonchev–Trinajstić information content (AvgIpc) is 3.10. The van der Waals surface area contributed by atoms with E-state index in [4.69, 9.17) is 5.73 Å². The Morgan fingerprint density at radius 1 is 1.32 bits per heavy atom. The van der Waals surface area contributed by atoms with Crippen molar-refractivity contribution in [3.63, 3.8) is 0 Å². The first-order valence-electron chi connectivity index (χ1n) is 6.94. The van der Waals surface area contributed by atoms with Crippen LogP contribution in [0.2, 0.25) is 0 Å². The molecule has 2 fully saturated rings. The molecular weight excluding hydrogens is 304 g/mol. The molecule has 2 atom stereocenters. The van der Waals surface area contributed by atoms with Crippen molar-refractivity contribution in [1.82, 2.24) is 0 Å². The summed E-state index contributed by atoms with van der Waals surface area (Å²) in [6, 6.07) is 3.79. The van der Waals surface area contributed by atoms with Crippen LogP contribution in [0.5, 0.6) is 0 Å². The first kappa shape index (κ1) is 13.0. The molecule has 0 saturated heterocycles. The molecule has 3 nitrogen and oxygen atoms in total. The fraction of sp³-hybridized carbons (Fsp3) is 0.533. The Bertz CT molecular complexity index is 517. The van der Waals surface area contributed by atoms with E-state index in [-0.39, 0.29) is 11.8 Å². The zero-order valence-electron chi connectivity index (χ0n) is 11.1. The third kappa shape index (κ3) is 2.38. The Morgan fingerprint density at radius 3 is 2.58 bits per heavy atom. The zero-order valence-corrected chi connectivity index (χ0v) is 12.7. The minimum Gasteiger partial charge on any atom is -0.398 e. The van der Waals surface area contributed by atoms with E-state index in [1.54, 1.807) is 0 Å². The van der Waals surface area contributed by atoms with Crippen LogP contribution < -0.4 is 11.1 Å². The van der Waals surface area contributed by atoms with E-state index in [1.807, 2.05) is 19.1 Å². The van der Waals surface area contributed by atoms with Crippen LogP contribution in [0, 0.1) is 24.7 Å². The fourth-order valence-electron chi connectivity index (χ4n) is 3.38. The number of aryl methyl sites for hydroxylation is 1. The Balaban J connectivity index is 1.72. The van der Waals surface area contributed by atoms with Crippen molar-refractivity contribution in [2.75, 3.05) is 11.1 Å². The highest BCUT2D eigenvalue weighted by molar-refractivity contribution is 9.10. The molecule has 102 valence electrons. The van der Waals surface area contributed by atoms with Crippen molar-refractivity contribution in [3.05, 3.63) is 22.2 Å². The summed E-state index contributed by atoms with van der Waals surface area (Å²) in [4.78, 5) is 12.3. The summed E-state index contributed by atoms with van der Waals surface area (Å²) in [7, 11) is 0. The van der Waals surface area contributed by atoms with Crippen LogP contribution in [0.3, 0.4) is 0 Å². The third-order valence-electron chi connectivity index (χ3n) is 4.57. The van der Waals surface area contributed by atoms with Crippen molar-refractivity contribution in [1.29, 1.82) is 0 Å². The van der Waals surface area contributed by atoms with Gasteiger partial charge in [0.15, 0.2) is 0 Å². The van der Waals surface area contributed by atoms with Gasteiger partial charge in [0.1, 0.15) is 0 Å². The van der Waals surface area contributed by atoms with Crippen molar-refractivity contribution >= 4 is 33.2 Å². The monoisotopic (exact) mass is 322 g/mol. The predicted molar refractivity (Wildman–Crippen MR) is 80.9 cm³/mol. The summed E-state index contributed by atoms with van der Waals surface area (Å²) < 4.78 is 0.899. The second-order valence-electron chi connectivity index (χ2n) is 5.82. The number of nitrogen functional groups attached to an aromatic ring is 1. The lowest BCUT2D eigenvalue weighted by molar-refractivity contribution is -0.117. The van der Waals surface area contributed by atoms with Gasteiger partial charge in [-0.1, -0.05) is 12.8 Å². The molecule has 2 aliphatic carbocycles. The second kappa shape index (κ2) is 4.82. The molecule has 0 radical (unpaired) electrons. The Hall–Kier alpha value is -1.03. The van der Waals surface area contributed by atoms with E-state index in [2.05, 4.69) is 21.2 Å². The molecule has 1 amide bonds. The lowest BCUT2D eigenvalue weighted by Gasteiger charge is -2.10. The van der Waals surface area contributed by atoms with Gasteiger partial charge in [0.2, 0.25) is 5.91 Å². The molecule has 2 aliphatic rings. The number of carbonyl (C=O) groups is 1. The Labute approximate surface area is 122 Å². The van der Waals surface area contributed by atoms with Gasteiger partial charge in [-0.25, -0.2) is 0 Å². The highest BCUT2D eigenvalue weighted by Crippen LogP contribution is 2.55.